The highest BCUT2D eigenvalue weighted by atomic mass is 16.5. The molecular weight excluding hydrogens is 358 g/mol. The molecule has 148 valence electrons. The number of amidine groups is 1. The van der Waals surface area contributed by atoms with Crippen molar-refractivity contribution < 1.29 is 19.5 Å². The highest BCUT2D eigenvalue weighted by Crippen LogP contribution is 2.19. The van der Waals surface area contributed by atoms with Crippen LogP contribution in [0.4, 0.5) is 0 Å². The standard InChI is InChI=1S/C21H25N3O4/c1-15(25)23-19-20(28-14-17-10-6-3-7-11-17)18(12-22-21(19)24-26)27-13-16-8-4-2-5-9-16/h2-11,18-20,26H,12-14H2,1H3,(H,22,24)(H,23,25)/t18-,19-,20+/m1/s1. The Morgan fingerprint density at radius 2 is 1.61 bits per heavy atom. The van der Waals surface area contributed by atoms with E-state index in [0.29, 0.717) is 19.8 Å². The van der Waals surface area contributed by atoms with Crippen molar-refractivity contribution in [1.29, 1.82) is 0 Å². The Balaban J connectivity index is 1.76. The summed E-state index contributed by atoms with van der Waals surface area (Å²) in [4.78, 5) is 16.0. The minimum Gasteiger partial charge on any atom is -0.369 e. The fraction of sp³-hybridized carbons (Fsp3) is 0.333. The van der Waals surface area contributed by atoms with Crippen LogP contribution in [0.3, 0.4) is 0 Å². The van der Waals surface area contributed by atoms with E-state index in [1.54, 1.807) is 0 Å². The Labute approximate surface area is 164 Å². The summed E-state index contributed by atoms with van der Waals surface area (Å²) in [6, 6.07) is 18.9. The van der Waals surface area contributed by atoms with Gasteiger partial charge in [0.1, 0.15) is 24.1 Å². The van der Waals surface area contributed by atoms with Gasteiger partial charge in [0.15, 0.2) is 0 Å². The summed E-state index contributed by atoms with van der Waals surface area (Å²) in [6.45, 7) is 2.48. The van der Waals surface area contributed by atoms with Crippen molar-refractivity contribution in [3.63, 3.8) is 0 Å². The van der Waals surface area contributed by atoms with E-state index in [0.717, 1.165) is 11.1 Å². The molecule has 2 aromatic rings. The maximum absolute atomic E-state index is 11.7. The van der Waals surface area contributed by atoms with Gasteiger partial charge in [-0.25, -0.2) is 0 Å². The SMILES string of the molecule is CC(=O)N[C@H]1C(NO)=NC[C@@H](OCc2ccccc2)[C@@H]1OCc1ccccc1. The number of benzene rings is 2. The first kappa shape index (κ1) is 20.0. The number of amides is 1. The van der Waals surface area contributed by atoms with E-state index >= 15 is 0 Å². The van der Waals surface area contributed by atoms with Crippen LogP contribution in [0.1, 0.15) is 18.1 Å². The minimum absolute atomic E-state index is 0.245. The highest BCUT2D eigenvalue weighted by molar-refractivity contribution is 5.91. The van der Waals surface area contributed by atoms with Gasteiger partial charge in [-0.2, -0.15) is 0 Å². The molecule has 0 spiro atoms. The van der Waals surface area contributed by atoms with Gasteiger partial charge in [-0.15, -0.1) is 0 Å². The fourth-order valence-corrected chi connectivity index (χ4v) is 3.13. The Bertz CT molecular complexity index is 783. The Morgan fingerprint density at radius 3 is 2.14 bits per heavy atom. The largest absolute Gasteiger partial charge is 0.369 e. The summed E-state index contributed by atoms with van der Waals surface area (Å²) in [5.41, 5.74) is 4.13. The molecule has 3 atom stereocenters. The van der Waals surface area contributed by atoms with Gasteiger partial charge in [0.25, 0.3) is 0 Å². The molecule has 3 N–H and O–H groups in total. The first-order valence-corrected chi connectivity index (χ1v) is 9.20. The lowest BCUT2D eigenvalue weighted by Gasteiger charge is -2.36. The molecule has 0 saturated carbocycles. The van der Waals surface area contributed by atoms with Crippen molar-refractivity contribution in [3.05, 3.63) is 71.8 Å². The second-order valence-corrected chi connectivity index (χ2v) is 6.61. The van der Waals surface area contributed by atoms with E-state index in [1.807, 2.05) is 60.7 Å². The molecule has 1 heterocycles. The Hall–Kier alpha value is -2.74. The summed E-state index contributed by atoms with van der Waals surface area (Å²) in [5.74, 6) is 0.0118. The molecule has 0 bridgehead atoms. The van der Waals surface area contributed by atoms with Gasteiger partial charge in [0, 0.05) is 6.92 Å². The number of carbonyl (C=O) groups is 1. The van der Waals surface area contributed by atoms with Gasteiger partial charge < -0.3 is 14.8 Å². The van der Waals surface area contributed by atoms with E-state index < -0.39 is 12.1 Å². The minimum atomic E-state index is -0.638. The maximum Gasteiger partial charge on any atom is 0.217 e. The molecule has 7 nitrogen and oxygen atoms in total. The second kappa shape index (κ2) is 9.98. The zero-order valence-corrected chi connectivity index (χ0v) is 15.7. The first-order chi connectivity index (χ1) is 13.7. The van der Waals surface area contributed by atoms with Gasteiger partial charge in [-0.1, -0.05) is 60.7 Å². The van der Waals surface area contributed by atoms with Gasteiger partial charge in [0.2, 0.25) is 5.91 Å². The average molecular weight is 383 g/mol. The molecule has 1 amide bonds. The van der Waals surface area contributed by atoms with Gasteiger partial charge in [0.05, 0.1) is 19.8 Å². The molecule has 0 fully saturated rings. The molecule has 1 aliphatic rings. The molecule has 0 aromatic heterocycles. The summed E-state index contributed by atoms with van der Waals surface area (Å²) >= 11 is 0. The van der Waals surface area contributed by atoms with E-state index in [4.69, 9.17) is 9.47 Å². The molecule has 2 aromatic carbocycles. The lowest BCUT2D eigenvalue weighted by molar-refractivity contribution is -0.123. The van der Waals surface area contributed by atoms with Gasteiger partial charge >= 0.3 is 0 Å². The van der Waals surface area contributed by atoms with Crippen LogP contribution in [-0.2, 0) is 27.5 Å². The van der Waals surface area contributed by atoms with Crippen LogP contribution in [0.2, 0.25) is 0 Å². The first-order valence-electron chi connectivity index (χ1n) is 9.20. The fourth-order valence-electron chi connectivity index (χ4n) is 3.13. The van der Waals surface area contributed by atoms with Crippen molar-refractivity contribution in [2.75, 3.05) is 6.54 Å². The van der Waals surface area contributed by atoms with Crippen LogP contribution in [0.5, 0.6) is 0 Å². The molecule has 3 rings (SSSR count). The number of hydrogen-bond donors (Lipinski definition) is 3. The number of nitrogens with zero attached hydrogens (tertiary/aromatic N) is 1. The number of ether oxygens (including phenoxy) is 2. The predicted molar refractivity (Wildman–Crippen MR) is 105 cm³/mol. The topological polar surface area (TPSA) is 92.2 Å². The van der Waals surface area contributed by atoms with Gasteiger partial charge in [-0.3, -0.25) is 20.5 Å². The van der Waals surface area contributed by atoms with Crippen LogP contribution in [0.25, 0.3) is 0 Å². The highest BCUT2D eigenvalue weighted by Gasteiger charge is 2.39. The van der Waals surface area contributed by atoms with Crippen molar-refractivity contribution in [2.24, 2.45) is 4.99 Å². The predicted octanol–water partition coefficient (Wildman–Crippen LogP) is 2.05. The number of nitrogens with one attached hydrogen (secondary N) is 2. The smallest absolute Gasteiger partial charge is 0.217 e. The summed E-state index contributed by atoms with van der Waals surface area (Å²) in [5, 5.41) is 12.2. The molecule has 7 heteroatoms. The van der Waals surface area contributed by atoms with E-state index in [-0.39, 0.29) is 17.8 Å². The van der Waals surface area contributed by atoms with E-state index in [2.05, 4.69) is 15.8 Å². The van der Waals surface area contributed by atoms with Gasteiger partial charge in [-0.05, 0) is 11.1 Å². The summed E-state index contributed by atoms with van der Waals surface area (Å²) in [6.07, 6.45) is -0.891. The number of rotatable bonds is 7. The summed E-state index contributed by atoms with van der Waals surface area (Å²) in [7, 11) is 0. The third-order valence-corrected chi connectivity index (χ3v) is 4.50. The molecule has 28 heavy (non-hydrogen) atoms. The number of hydroxylamine groups is 1. The van der Waals surface area contributed by atoms with Crippen LogP contribution in [-0.4, -0.2) is 41.7 Å². The Kier molecular flexibility index (Phi) is 7.13. The monoisotopic (exact) mass is 383 g/mol. The van der Waals surface area contributed by atoms with Crippen molar-refractivity contribution >= 4 is 11.7 Å². The van der Waals surface area contributed by atoms with Crippen LogP contribution in [0.15, 0.2) is 65.7 Å². The van der Waals surface area contributed by atoms with Crippen molar-refractivity contribution in [3.8, 4) is 0 Å². The summed E-state index contributed by atoms with van der Waals surface area (Å²) < 4.78 is 12.2. The number of carbonyl (C=O) groups excluding carboxylic acids is 1. The zero-order chi connectivity index (χ0) is 19.8. The van der Waals surface area contributed by atoms with E-state index in [9.17, 15) is 10.0 Å². The van der Waals surface area contributed by atoms with E-state index in [1.165, 1.54) is 6.92 Å². The van der Waals surface area contributed by atoms with Crippen LogP contribution < -0.4 is 10.8 Å². The molecule has 0 unspecified atom stereocenters. The lowest BCUT2D eigenvalue weighted by Crippen LogP contribution is -2.60. The lowest BCUT2D eigenvalue weighted by atomic mass is 10.00. The zero-order valence-electron chi connectivity index (χ0n) is 15.7. The quantitative estimate of drug-likeness (QED) is 0.637. The third kappa shape index (κ3) is 5.39. The molecule has 0 aliphatic carbocycles. The van der Waals surface area contributed by atoms with Crippen LogP contribution in [0, 0.1) is 0 Å². The number of aliphatic imine (C=N–C) groups is 1. The van der Waals surface area contributed by atoms with Crippen molar-refractivity contribution in [1.82, 2.24) is 10.8 Å². The normalized spacial score (nSPS) is 21.6. The maximum atomic E-state index is 11.7. The van der Waals surface area contributed by atoms with Crippen LogP contribution >= 0.6 is 0 Å². The Morgan fingerprint density at radius 1 is 1.04 bits per heavy atom. The number of hydrogen-bond acceptors (Lipinski definition) is 6. The molecule has 0 saturated heterocycles. The van der Waals surface area contributed by atoms with Crippen molar-refractivity contribution in [2.45, 2.75) is 38.4 Å². The molecule has 0 radical (unpaired) electrons. The molecular formula is C21H25N3O4. The molecule has 1 aliphatic heterocycles. The third-order valence-electron chi connectivity index (χ3n) is 4.50. The second-order valence-electron chi connectivity index (χ2n) is 6.61. The average Bonchev–Trinajstić information content (AvgIpc) is 2.72.